The van der Waals surface area contributed by atoms with Gasteiger partial charge in [0.1, 0.15) is 0 Å². The van der Waals surface area contributed by atoms with Gasteiger partial charge in [0.15, 0.2) is 0 Å². The second-order valence-corrected chi connectivity index (χ2v) is 6.64. The molecule has 4 rings (SSSR count). The Morgan fingerprint density at radius 2 is 1.44 bits per heavy atom. The van der Waals surface area contributed by atoms with E-state index in [1.165, 1.54) is 29.9 Å². The van der Waals surface area contributed by atoms with Gasteiger partial charge in [-0.15, -0.1) is 22.7 Å². The van der Waals surface area contributed by atoms with Crippen LogP contribution >= 0.6 is 22.7 Å². The Hall–Kier alpha value is -1.64. The lowest BCUT2D eigenvalue weighted by Crippen LogP contribution is -1.68. The Bertz CT molecular complexity index is 822. The van der Waals surface area contributed by atoms with Crippen molar-refractivity contribution in [2.24, 2.45) is 0 Å². The molecule has 0 aliphatic carbocycles. The number of rotatable bonds is 1. The van der Waals surface area contributed by atoms with Gasteiger partial charge >= 0.3 is 0 Å². The third-order valence-electron chi connectivity index (χ3n) is 3.14. The van der Waals surface area contributed by atoms with Crippen LogP contribution in [0.3, 0.4) is 0 Å². The summed E-state index contributed by atoms with van der Waals surface area (Å²) in [6, 6.07) is 21.6. The average molecular weight is 266 g/mol. The zero-order valence-corrected chi connectivity index (χ0v) is 11.2. The molecule has 18 heavy (non-hydrogen) atoms. The first-order chi connectivity index (χ1) is 8.92. The third-order valence-corrected chi connectivity index (χ3v) is 5.60. The van der Waals surface area contributed by atoms with Gasteiger partial charge in [-0.05, 0) is 17.7 Å². The van der Waals surface area contributed by atoms with E-state index in [-0.39, 0.29) is 0 Å². The fourth-order valence-corrected chi connectivity index (χ4v) is 4.79. The second kappa shape index (κ2) is 3.94. The molecule has 2 heterocycles. The Kier molecular flexibility index (Phi) is 2.25. The minimum absolute atomic E-state index is 1.31. The van der Waals surface area contributed by atoms with E-state index in [9.17, 15) is 0 Å². The van der Waals surface area contributed by atoms with Crippen LogP contribution in [0.5, 0.6) is 0 Å². The molecule has 0 N–H and O–H groups in total. The van der Waals surface area contributed by atoms with Crippen LogP contribution in [0.1, 0.15) is 0 Å². The highest BCUT2D eigenvalue weighted by molar-refractivity contribution is 7.42. The second-order valence-electron chi connectivity index (χ2n) is 4.28. The number of thiophene rings is 2. The van der Waals surface area contributed by atoms with Crippen LogP contribution in [-0.2, 0) is 0 Å². The number of fused-ring (bicyclic) bond motifs is 3. The summed E-state index contributed by atoms with van der Waals surface area (Å²) in [5.41, 5.74) is 1.31. The maximum Gasteiger partial charge on any atom is 0.0884 e. The molecule has 86 valence electrons. The molecule has 0 saturated heterocycles. The zero-order valence-electron chi connectivity index (χ0n) is 9.59. The van der Waals surface area contributed by atoms with Crippen molar-refractivity contribution >= 4 is 42.2 Å². The lowest BCUT2D eigenvalue weighted by molar-refractivity contribution is 1.70. The molecular formula is C16H10S2. The molecule has 4 aromatic rings. The lowest BCUT2D eigenvalue weighted by atomic mass is 10.1. The summed E-state index contributed by atoms with van der Waals surface area (Å²) in [5, 5.41) is 2.79. The molecule has 0 fully saturated rings. The van der Waals surface area contributed by atoms with E-state index in [0.29, 0.717) is 0 Å². The summed E-state index contributed by atoms with van der Waals surface area (Å²) >= 11 is 3.79. The smallest absolute Gasteiger partial charge is 0.0884 e. The van der Waals surface area contributed by atoms with Gasteiger partial charge in [0.05, 0.1) is 4.01 Å². The van der Waals surface area contributed by atoms with Crippen molar-refractivity contribution in [3.8, 4) is 10.4 Å². The number of hydrogen-bond acceptors (Lipinski definition) is 2. The van der Waals surface area contributed by atoms with Gasteiger partial charge in [0.25, 0.3) is 0 Å². The van der Waals surface area contributed by atoms with Crippen LogP contribution in [0.25, 0.3) is 29.9 Å². The fraction of sp³-hybridized carbons (Fsp3) is 0. The first-order valence-electron chi connectivity index (χ1n) is 5.88. The topological polar surface area (TPSA) is 0 Å². The maximum atomic E-state index is 2.33. The maximum absolute atomic E-state index is 2.33. The molecule has 0 aliphatic rings. The Labute approximate surface area is 113 Å². The highest BCUT2D eigenvalue weighted by atomic mass is 32.2. The largest absolute Gasteiger partial charge is 0.124 e. The summed E-state index contributed by atoms with van der Waals surface area (Å²) in [6.07, 6.45) is 0. The number of hydrogen-bond donors (Lipinski definition) is 0. The fourth-order valence-electron chi connectivity index (χ4n) is 2.26. The van der Waals surface area contributed by atoms with E-state index in [1.807, 2.05) is 22.7 Å². The molecule has 0 atom stereocenters. The van der Waals surface area contributed by atoms with Crippen molar-refractivity contribution in [2.45, 2.75) is 0 Å². The average Bonchev–Trinajstić information content (AvgIpc) is 2.97. The van der Waals surface area contributed by atoms with Crippen molar-refractivity contribution < 1.29 is 0 Å². The van der Waals surface area contributed by atoms with Gasteiger partial charge < -0.3 is 0 Å². The number of benzene rings is 2. The molecule has 2 aromatic carbocycles. The van der Waals surface area contributed by atoms with Crippen molar-refractivity contribution in [2.75, 3.05) is 0 Å². The van der Waals surface area contributed by atoms with E-state index >= 15 is 0 Å². The molecule has 0 nitrogen and oxygen atoms in total. The van der Waals surface area contributed by atoms with Crippen molar-refractivity contribution in [1.29, 1.82) is 0 Å². The third kappa shape index (κ3) is 1.50. The van der Waals surface area contributed by atoms with E-state index in [1.54, 1.807) is 0 Å². The molecule has 0 amide bonds. The predicted octanol–water partition coefficient (Wildman–Crippen LogP) is 5.78. The zero-order chi connectivity index (χ0) is 11.9. The van der Waals surface area contributed by atoms with Crippen LogP contribution < -0.4 is 0 Å². The first-order valence-corrected chi connectivity index (χ1v) is 7.51. The Balaban J connectivity index is 2.00. The molecule has 0 bridgehead atoms. The van der Waals surface area contributed by atoms with E-state index in [2.05, 4.69) is 60.7 Å². The van der Waals surface area contributed by atoms with E-state index in [0.717, 1.165) is 0 Å². The summed E-state index contributed by atoms with van der Waals surface area (Å²) < 4.78 is 2.81. The molecule has 0 unspecified atom stereocenters. The highest BCUT2D eigenvalue weighted by Gasteiger charge is 2.09. The quantitative estimate of drug-likeness (QED) is 0.409. The van der Waals surface area contributed by atoms with Crippen LogP contribution in [0, 0.1) is 0 Å². The molecular weight excluding hydrogens is 256 g/mol. The predicted molar refractivity (Wildman–Crippen MR) is 82.6 cm³/mol. The van der Waals surface area contributed by atoms with Crippen LogP contribution in [0.15, 0.2) is 60.7 Å². The van der Waals surface area contributed by atoms with E-state index < -0.39 is 0 Å². The van der Waals surface area contributed by atoms with Crippen molar-refractivity contribution in [3.63, 3.8) is 0 Å². The van der Waals surface area contributed by atoms with Crippen molar-refractivity contribution in [3.05, 3.63) is 60.7 Å². The normalized spacial score (nSPS) is 11.3. The summed E-state index contributed by atoms with van der Waals surface area (Å²) in [5.74, 6) is 0. The molecule has 0 aliphatic heterocycles. The van der Waals surface area contributed by atoms with Crippen LogP contribution in [0.2, 0.25) is 0 Å². The first kappa shape index (κ1) is 10.3. The molecule has 0 saturated carbocycles. The summed E-state index contributed by atoms with van der Waals surface area (Å²) in [4.78, 5) is 1.36. The highest BCUT2D eigenvalue weighted by Crippen LogP contribution is 2.42. The van der Waals surface area contributed by atoms with Gasteiger partial charge in [-0.2, -0.15) is 0 Å². The van der Waals surface area contributed by atoms with Gasteiger partial charge in [-0.1, -0.05) is 48.5 Å². The Morgan fingerprint density at radius 1 is 0.667 bits per heavy atom. The van der Waals surface area contributed by atoms with Crippen molar-refractivity contribution in [1.82, 2.24) is 0 Å². The SMILES string of the molecule is c1ccc(-c2cc3c(s2)sc2ccccc23)cc1. The minimum atomic E-state index is 1.31. The lowest BCUT2D eigenvalue weighted by Gasteiger charge is -1.94. The molecule has 2 heteroatoms. The van der Waals surface area contributed by atoms with Crippen LogP contribution in [-0.4, -0.2) is 0 Å². The van der Waals surface area contributed by atoms with Gasteiger partial charge in [-0.3, -0.25) is 0 Å². The van der Waals surface area contributed by atoms with E-state index in [4.69, 9.17) is 0 Å². The molecule has 2 aromatic heterocycles. The standard InChI is InChI=1S/C16H10S2/c1-2-6-11(7-3-1)15-10-13-12-8-4-5-9-14(12)17-16(13)18-15/h1-10H. The Morgan fingerprint density at radius 3 is 2.33 bits per heavy atom. The van der Waals surface area contributed by atoms with Gasteiger partial charge in [0, 0.05) is 20.3 Å². The molecule has 0 spiro atoms. The van der Waals surface area contributed by atoms with Gasteiger partial charge in [-0.25, -0.2) is 0 Å². The monoisotopic (exact) mass is 266 g/mol. The van der Waals surface area contributed by atoms with Crippen LogP contribution in [0.4, 0.5) is 0 Å². The molecule has 0 radical (unpaired) electrons. The summed E-state index contributed by atoms with van der Waals surface area (Å²) in [6.45, 7) is 0. The minimum Gasteiger partial charge on any atom is -0.124 e. The van der Waals surface area contributed by atoms with Gasteiger partial charge in [0.2, 0.25) is 0 Å². The summed E-state index contributed by atoms with van der Waals surface area (Å²) in [7, 11) is 0.